The lowest BCUT2D eigenvalue weighted by Gasteiger charge is -2.35. The largest absolute Gasteiger partial charge is 0.344 e. The molecule has 6 heteroatoms. The molecule has 96 valence electrons. The molecule has 2 heterocycles. The average molecular weight is 255 g/mol. The van der Waals surface area contributed by atoms with Crippen LogP contribution >= 0.6 is 11.3 Å². The highest BCUT2D eigenvalue weighted by molar-refractivity contribution is 7.15. The summed E-state index contributed by atoms with van der Waals surface area (Å²) in [5.74, 6) is 0.588. The molecule has 0 bridgehead atoms. The molecule has 0 aliphatic carbocycles. The van der Waals surface area contributed by atoms with Crippen molar-refractivity contribution in [1.29, 1.82) is 0 Å². The SMILES string of the molecule is Cc1nnc(N2CCN(CC(C)CN)CC2)s1. The van der Waals surface area contributed by atoms with E-state index in [1.165, 1.54) is 0 Å². The van der Waals surface area contributed by atoms with E-state index in [4.69, 9.17) is 5.73 Å². The Hall–Kier alpha value is -0.720. The maximum absolute atomic E-state index is 5.66. The van der Waals surface area contributed by atoms with Gasteiger partial charge in [-0.15, -0.1) is 10.2 Å². The molecule has 1 aromatic rings. The Morgan fingerprint density at radius 2 is 2.00 bits per heavy atom. The Morgan fingerprint density at radius 3 is 2.53 bits per heavy atom. The van der Waals surface area contributed by atoms with Gasteiger partial charge in [-0.25, -0.2) is 0 Å². The number of aromatic nitrogens is 2. The normalized spacial score (nSPS) is 19.6. The quantitative estimate of drug-likeness (QED) is 0.852. The molecule has 1 fully saturated rings. The Balaban J connectivity index is 1.82. The van der Waals surface area contributed by atoms with Crippen LogP contribution < -0.4 is 10.6 Å². The van der Waals surface area contributed by atoms with Gasteiger partial charge in [0.2, 0.25) is 5.13 Å². The summed E-state index contributed by atoms with van der Waals surface area (Å²) in [4.78, 5) is 4.82. The van der Waals surface area contributed by atoms with E-state index in [1.807, 2.05) is 6.92 Å². The lowest BCUT2D eigenvalue weighted by Crippen LogP contribution is -2.48. The fourth-order valence-corrected chi connectivity index (χ4v) is 2.79. The van der Waals surface area contributed by atoms with E-state index in [9.17, 15) is 0 Å². The number of hydrogen-bond acceptors (Lipinski definition) is 6. The second-order valence-electron chi connectivity index (χ2n) is 4.73. The molecule has 1 saturated heterocycles. The first kappa shape index (κ1) is 12.7. The second-order valence-corrected chi connectivity index (χ2v) is 5.89. The van der Waals surface area contributed by atoms with Crippen molar-refractivity contribution < 1.29 is 0 Å². The number of anilines is 1. The van der Waals surface area contributed by atoms with Gasteiger partial charge in [-0.2, -0.15) is 0 Å². The Kier molecular flexibility index (Phi) is 4.31. The summed E-state index contributed by atoms with van der Waals surface area (Å²) in [7, 11) is 0. The highest BCUT2D eigenvalue weighted by Gasteiger charge is 2.20. The van der Waals surface area contributed by atoms with Gasteiger partial charge >= 0.3 is 0 Å². The van der Waals surface area contributed by atoms with Crippen molar-refractivity contribution in [3.05, 3.63) is 5.01 Å². The zero-order valence-corrected chi connectivity index (χ0v) is 11.4. The van der Waals surface area contributed by atoms with Gasteiger partial charge in [-0.3, -0.25) is 4.90 Å². The molecule has 0 amide bonds. The first-order valence-corrected chi connectivity index (χ1v) is 6.98. The molecule has 1 aliphatic rings. The molecule has 2 rings (SSSR count). The third-order valence-electron chi connectivity index (χ3n) is 3.13. The van der Waals surface area contributed by atoms with Gasteiger partial charge in [0.1, 0.15) is 5.01 Å². The molecule has 0 aromatic carbocycles. The van der Waals surface area contributed by atoms with E-state index in [0.29, 0.717) is 5.92 Å². The van der Waals surface area contributed by atoms with Gasteiger partial charge in [0.05, 0.1) is 0 Å². The molecular weight excluding hydrogens is 234 g/mol. The number of nitrogens with zero attached hydrogens (tertiary/aromatic N) is 4. The zero-order chi connectivity index (χ0) is 12.3. The van der Waals surface area contributed by atoms with Crippen LogP contribution in [0.15, 0.2) is 0 Å². The van der Waals surface area contributed by atoms with Crippen molar-refractivity contribution >= 4 is 16.5 Å². The number of hydrogen-bond donors (Lipinski definition) is 1. The van der Waals surface area contributed by atoms with Crippen LogP contribution in [0.1, 0.15) is 11.9 Å². The highest BCUT2D eigenvalue weighted by atomic mass is 32.1. The predicted molar refractivity (Wildman–Crippen MR) is 71.5 cm³/mol. The van der Waals surface area contributed by atoms with Crippen LogP contribution in [0.3, 0.4) is 0 Å². The summed E-state index contributed by atoms with van der Waals surface area (Å²) in [6.45, 7) is 10.4. The topological polar surface area (TPSA) is 58.3 Å². The van der Waals surface area contributed by atoms with Crippen molar-refractivity contribution in [2.75, 3.05) is 44.2 Å². The van der Waals surface area contributed by atoms with E-state index in [-0.39, 0.29) is 0 Å². The van der Waals surface area contributed by atoms with Gasteiger partial charge < -0.3 is 10.6 Å². The number of piperazine rings is 1. The van der Waals surface area contributed by atoms with Gasteiger partial charge in [0.25, 0.3) is 0 Å². The molecule has 17 heavy (non-hydrogen) atoms. The van der Waals surface area contributed by atoms with Crippen molar-refractivity contribution in [2.24, 2.45) is 11.7 Å². The molecule has 1 unspecified atom stereocenters. The molecule has 1 aromatic heterocycles. The predicted octanol–water partition coefficient (Wildman–Crippen LogP) is 0.563. The van der Waals surface area contributed by atoms with Gasteiger partial charge in [-0.05, 0) is 19.4 Å². The molecule has 0 spiro atoms. The number of nitrogens with two attached hydrogens (primary N) is 1. The number of rotatable bonds is 4. The first-order chi connectivity index (χ1) is 8.19. The Bertz CT molecular complexity index is 345. The van der Waals surface area contributed by atoms with E-state index in [1.54, 1.807) is 11.3 Å². The summed E-state index contributed by atoms with van der Waals surface area (Å²) < 4.78 is 0. The lowest BCUT2D eigenvalue weighted by atomic mass is 10.1. The van der Waals surface area contributed by atoms with Crippen LogP contribution in [0.5, 0.6) is 0 Å². The zero-order valence-electron chi connectivity index (χ0n) is 10.6. The Morgan fingerprint density at radius 1 is 1.29 bits per heavy atom. The third kappa shape index (κ3) is 3.37. The van der Waals surface area contributed by atoms with Gasteiger partial charge in [0, 0.05) is 32.7 Å². The van der Waals surface area contributed by atoms with Crippen LogP contribution in [-0.2, 0) is 0 Å². The van der Waals surface area contributed by atoms with E-state index < -0.39 is 0 Å². The molecule has 0 saturated carbocycles. The van der Waals surface area contributed by atoms with Crippen LogP contribution in [0, 0.1) is 12.8 Å². The monoisotopic (exact) mass is 255 g/mol. The van der Waals surface area contributed by atoms with Crippen LogP contribution in [0.2, 0.25) is 0 Å². The molecule has 0 radical (unpaired) electrons. The molecule has 1 atom stereocenters. The fourth-order valence-electron chi connectivity index (χ4n) is 2.05. The Labute approximate surface area is 107 Å². The minimum atomic E-state index is 0.588. The maximum atomic E-state index is 5.66. The minimum Gasteiger partial charge on any atom is -0.344 e. The third-order valence-corrected chi connectivity index (χ3v) is 4.03. The minimum absolute atomic E-state index is 0.588. The molecular formula is C11H21N5S. The molecule has 1 aliphatic heterocycles. The van der Waals surface area contributed by atoms with Crippen molar-refractivity contribution in [1.82, 2.24) is 15.1 Å². The molecule has 2 N–H and O–H groups in total. The standard InChI is InChI=1S/C11H21N5S/c1-9(7-12)8-15-3-5-16(6-4-15)11-14-13-10(2)17-11/h9H,3-8,12H2,1-2H3. The smallest absolute Gasteiger partial charge is 0.208 e. The van der Waals surface area contributed by atoms with Crippen molar-refractivity contribution in [2.45, 2.75) is 13.8 Å². The van der Waals surface area contributed by atoms with Crippen LogP contribution in [-0.4, -0.2) is 54.4 Å². The summed E-state index contributed by atoms with van der Waals surface area (Å²) in [6, 6.07) is 0. The summed E-state index contributed by atoms with van der Waals surface area (Å²) in [5.41, 5.74) is 5.66. The first-order valence-electron chi connectivity index (χ1n) is 6.16. The van der Waals surface area contributed by atoms with E-state index in [2.05, 4.69) is 26.9 Å². The van der Waals surface area contributed by atoms with E-state index in [0.717, 1.165) is 49.4 Å². The molecule has 5 nitrogen and oxygen atoms in total. The average Bonchev–Trinajstić information content (AvgIpc) is 2.77. The maximum Gasteiger partial charge on any atom is 0.208 e. The highest BCUT2D eigenvalue weighted by Crippen LogP contribution is 2.20. The summed E-state index contributed by atoms with van der Waals surface area (Å²) in [5, 5.41) is 10.4. The van der Waals surface area contributed by atoms with Crippen molar-refractivity contribution in [3.8, 4) is 0 Å². The second kappa shape index (κ2) is 5.75. The fraction of sp³-hybridized carbons (Fsp3) is 0.818. The summed E-state index contributed by atoms with van der Waals surface area (Å²) in [6.07, 6.45) is 0. The van der Waals surface area contributed by atoms with Gasteiger partial charge in [-0.1, -0.05) is 18.3 Å². The van der Waals surface area contributed by atoms with Crippen LogP contribution in [0.25, 0.3) is 0 Å². The summed E-state index contributed by atoms with van der Waals surface area (Å²) >= 11 is 1.68. The van der Waals surface area contributed by atoms with Crippen molar-refractivity contribution in [3.63, 3.8) is 0 Å². The van der Waals surface area contributed by atoms with Crippen LogP contribution in [0.4, 0.5) is 5.13 Å². The lowest BCUT2D eigenvalue weighted by molar-refractivity contribution is 0.227. The number of aryl methyl sites for hydroxylation is 1. The van der Waals surface area contributed by atoms with Gasteiger partial charge in [0.15, 0.2) is 0 Å². The van der Waals surface area contributed by atoms with E-state index >= 15 is 0 Å².